The standard InChI is InChI=1S/C18H22F2N2O3S/c19-14-3-1-4-15(20)17(14)26(24,25)21-10-2-8-18(11-21)9-7-16(23)22(12-18)13-5-6-13/h1,3-4,13H,2,5-12H2/t18-/m0/s1. The molecule has 1 spiro atoms. The van der Waals surface area contributed by atoms with Crippen molar-refractivity contribution in [2.75, 3.05) is 19.6 Å². The van der Waals surface area contributed by atoms with Gasteiger partial charge in [0.25, 0.3) is 0 Å². The Hall–Kier alpha value is -1.54. The molecular weight excluding hydrogens is 362 g/mol. The Labute approximate surface area is 152 Å². The highest BCUT2D eigenvalue weighted by Gasteiger charge is 2.48. The third-order valence-corrected chi connectivity index (χ3v) is 7.72. The van der Waals surface area contributed by atoms with Crippen molar-refractivity contribution < 1.29 is 22.0 Å². The van der Waals surface area contributed by atoms with Crippen molar-refractivity contribution in [1.29, 1.82) is 0 Å². The van der Waals surface area contributed by atoms with E-state index in [4.69, 9.17) is 0 Å². The summed E-state index contributed by atoms with van der Waals surface area (Å²) in [4.78, 5) is 13.2. The quantitative estimate of drug-likeness (QED) is 0.805. The van der Waals surface area contributed by atoms with E-state index in [0.29, 0.717) is 25.8 Å². The van der Waals surface area contributed by atoms with Crippen LogP contribution in [0.2, 0.25) is 0 Å². The number of benzene rings is 1. The van der Waals surface area contributed by atoms with Crippen molar-refractivity contribution >= 4 is 15.9 Å². The van der Waals surface area contributed by atoms with E-state index in [-0.39, 0.29) is 30.5 Å². The van der Waals surface area contributed by atoms with Gasteiger partial charge in [-0.15, -0.1) is 0 Å². The van der Waals surface area contributed by atoms with E-state index in [9.17, 15) is 22.0 Å². The molecule has 0 radical (unpaired) electrons. The monoisotopic (exact) mass is 384 g/mol. The molecule has 3 aliphatic rings. The molecule has 1 atom stereocenters. The smallest absolute Gasteiger partial charge is 0.248 e. The molecule has 2 saturated heterocycles. The van der Waals surface area contributed by atoms with Crippen molar-refractivity contribution in [3.8, 4) is 0 Å². The molecule has 1 aromatic rings. The van der Waals surface area contributed by atoms with E-state index in [1.807, 2.05) is 4.90 Å². The van der Waals surface area contributed by atoms with Gasteiger partial charge in [-0.2, -0.15) is 4.31 Å². The second kappa shape index (κ2) is 6.27. The van der Waals surface area contributed by atoms with Gasteiger partial charge in [0.05, 0.1) is 0 Å². The van der Waals surface area contributed by atoms with E-state index in [1.54, 1.807) is 0 Å². The molecule has 0 aromatic heterocycles. The number of carbonyl (C=O) groups excluding carboxylic acids is 1. The SMILES string of the molecule is O=C1CC[C@]2(CCCN(S(=O)(=O)c3c(F)cccc3F)C2)CN1C1CC1. The largest absolute Gasteiger partial charge is 0.339 e. The van der Waals surface area contributed by atoms with E-state index in [1.165, 1.54) is 4.31 Å². The fraction of sp³-hybridized carbons (Fsp3) is 0.611. The number of piperidine rings is 2. The Morgan fingerprint density at radius 3 is 2.42 bits per heavy atom. The van der Waals surface area contributed by atoms with Gasteiger partial charge in [-0.05, 0) is 44.2 Å². The van der Waals surface area contributed by atoms with Crippen LogP contribution in [0.3, 0.4) is 0 Å². The topological polar surface area (TPSA) is 57.7 Å². The lowest BCUT2D eigenvalue weighted by atomic mass is 9.74. The Morgan fingerprint density at radius 2 is 1.77 bits per heavy atom. The zero-order chi connectivity index (χ0) is 18.5. The molecular formula is C18H22F2N2O3S. The molecule has 5 nitrogen and oxygen atoms in total. The molecule has 3 fully saturated rings. The number of hydrogen-bond donors (Lipinski definition) is 0. The minimum atomic E-state index is -4.25. The van der Waals surface area contributed by atoms with E-state index in [0.717, 1.165) is 37.5 Å². The van der Waals surface area contributed by atoms with Crippen LogP contribution in [0.1, 0.15) is 38.5 Å². The van der Waals surface area contributed by atoms with Gasteiger partial charge in [0.1, 0.15) is 11.6 Å². The molecule has 1 saturated carbocycles. The number of hydrogen-bond acceptors (Lipinski definition) is 3. The maximum absolute atomic E-state index is 14.1. The molecule has 142 valence electrons. The summed E-state index contributed by atoms with van der Waals surface area (Å²) >= 11 is 0. The van der Waals surface area contributed by atoms with E-state index < -0.39 is 26.6 Å². The average molecular weight is 384 g/mol. The number of sulfonamides is 1. The number of likely N-dealkylation sites (tertiary alicyclic amines) is 1. The Morgan fingerprint density at radius 1 is 1.08 bits per heavy atom. The van der Waals surface area contributed by atoms with Gasteiger partial charge < -0.3 is 4.90 Å². The van der Waals surface area contributed by atoms with Crippen LogP contribution in [0, 0.1) is 17.0 Å². The second-order valence-electron chi connectivity index (χ2n) is 7.75. The average Bonchev–Trinajstić information content (AvgIpc) is 3.42. The number of carbonyl (C=O) groups is 1. The Balaban J connectivity index is 1.61. The predicted molar refractivity (Wildman–Crippen MR) is 90.8 cm³/mol. The van der Waals surface area contributed by atoms with Crippen molar-refractivity contribution in [3.63, 3.8) is 0 Å². The van der Waals surface area contributed by atoms with Crippen LogP contribution >= 0.6 is 0 Å². The maximum Gasteiger partial charge on any atom is 0.248 e. The first-order chi connectivity index (χ1) is 12.3. The first-order valence-electron chi connectivity index (χ1n) is 9.06. The van der Waals surface area contributed by atoms with E-state index in [2.05, 4.69) is 0 Å². The fourth-order valence-corrected chi connectivity index (χ4v) is 6.02. The van der Waals surface area contributed by atoms with Gasteiger partial charge in [0.15, 0.2) is 4.90 Å². The zero-order valence-electron chi connectivity index (χ0n) is 14.5. The van der Waals surface area contributed by atoms with Gasteiger partial charge in [0.2, 0.25) is 15.9 Å². The third kappa shape index (κ3) is 3.03. The minimum absolute atomic E-state index is 0.137. The Bertz CT molecular complexity index is 821. The fourth-order valence-electron chi connectivity index (χ4n) is 4.32. The summed E-state index contributed by atoms with van der Waals surface area (Å²) in [7, 11) is -4.25. The molecule has 1 amide bonds. The van der Waals surface area contributed by atoms with Crippen molar-refractivity contribution in [3.05, 3.63) is 29.8 Å². The van der Waals surface area contributed by atoms with Crippen molar-refractivity contribution in [2.24, 2.45) is 5.41 Å². The summed E-state index contributed by atoms with van der Waals surface area (Å²) in [5.74, 6) is -2.00. The van der Waals surface area contributed by atoms with Crippen molar-refractivity contribution in [2.45, 2.75) is 49.5 Å². The molecule has 8 heteroatoms. The number of nitrogens with zero attached hydrogens (tertiary/aromatic N) is 2. The first-order valence-corrected chi connectivity index (χ1v) is 10.5. The molecule has 0 N–H and O–H groups in total. The normalized spacial score (nSPS) is 27.9. The number of halogens is 2. The molecule has 4 rings (SSSR count). The van der Waals surface area contributed by atoms with Crippen LogP contribution in [-0.4, -0.2) is 49.2 Å². The molecule has 1 aliphatic carbocycles. The van der Waals surface area contributed by atoms with Gasteiger partial charge in [0, 0.05) is 37.5 Å². The van der Waals surface area contributed by atoms with Crippen LogP contribution in [0.5, 0.6) is 0 Å². The lowest BCUT2D eigenvalue weighted by Gasteiger charge is -2.48. The summed E-state index contributed by atoms with van der Waals surface area (Å²) in [6.07, 6.45) is 4.51. The maximum atomic E-state index is 14.1. The molecule has 1 aromatic carbocycles. The van der Waals surface area contributed by atoms with E-state index >= 15 is 0 Å². The molecule has 2 aliphatic heterocycles. The van der Waals surface area contributed by atoms with Gasteiger partial charge >= 0.3 is 0 Å². The summed E-state index contributed by atoms with van der Waals surface area (Å²) in [6, 6.07) is 3.37. The van der Waals surface area contributed by atoms with Crippen LogP contribution < -0.4 is 0 Å². The summed E-state index contributed by atoms with van der Waals surface area (Å²) < 4.78 is 55.2. The number of rotatable bonds is 3. The molecule has 0 bridgehead atoms. The summed E-state index contributed by atoms with van der Waals surface area (Å²) in [5.41, 5.74) is -0.316. The third-order valence-electron chi connectivity index (χ3n) is 5.83. The molecule has 0 unspecified atom stereocenters. The van der Waals surface area contributed by atoms with Crippen LogP contribution in [0.15, 0.2) is 23.1 Å². The van der Waals surface area contributed by atoms with Crippen LogP contribution in [0.25, 0.3) is 0 Å². The highest BCUT2D eigenvalue weighted by atomic mass is 32.2. The highest BCUT2D eigenvalue weighted by molar-refractivity contribution is 7.89. The Kier molecular flexibility index (Phi) is 4.30. The minimum Gasteiger partial charge on any atom is -0.339 e. The number of amides is 1. The summed E-state index contributed by atoms with van der Waals surface area (Å²) in [5, 5.41) is 0. The first kappa shape index (κ1) is 17.9. The molecule has 26 heavy (non-hydrogen) atoms. The van der Waals surface area contributed by atoms with Crippen LogP contribution in [0.4, 0.5) is 8.78 Å². The van der Waals surface area contributed by atoms with Gasteiger partial charge in [-0.25, -0.2) is 17.2 Å². The van der Waals surface area contributed by atoms with Crippen molar-refractivity contribution in [1.82, 2.24) is 9.21 Å². The second-order valence-corrected chi connectivity index (χ2v) is 9.62. The van der Waals surface area contributed by atoms with Gasteiger partial charge in [-0.3, -0.25) is 4.79 Å². The summed E-state index contributed by atoms with van der Waals surface area (Å²) in [6.45, 7) is 0.997. The zero-order valence-corrected chi connectivity index (χ0v) is 15.3. The van der Waals surface area contributed by atoms with Gasteiger partial charge in [-0.1, -0.05) is 6.07 Å². The predicted octanol–water partition coefficient (Wildman–Crippen LogP) is 2.52. The van der Waals surface area contributed by atoms with Crippen LogP contribution in [-0.2, 0) is 14.8 Å². The highest BCUT2D eigenvalue weighted by Crippen LogP contribution is 2.43. The molecule has 2 heterocycles. The lowest BCUT2D eigenvalue weighted by molar-refractivity contribution is -0.139. The lowest BCUT2D eigenvalue weighted by Crippen LogP contribution is -2.55.